The summed E-state index contributed by atoms with van der Waals surface area (Å²) in [6.45, 7) is -0.129. The molecule has 0 saturated heterocycles. The van der Waals surface area contributed by atoms with Gasteiger partial charge in [0.25, 0.3) is 0 Å². The van der Waals surface area contributed by atoms with Crippen LogP contribution in [-0.4, -0.2) is 91.1 Å². The van der Waals surface area contributed by atoms with E-state index in [1.165, 1.54) is 0 Å². The van der Waals surface area contributed by atoms with Crippen LogP contribution in [0.3, 0.4) is 0 Å². The molecule has 6 saturated carbocycles. The number of likely N-dealkylation sites (N-methyl/N-ethyl adjacent to an activating group) is 1. The summed E-state index contributed by atoms with van der Waals surface area (Å²) in [5, 5.41) is 77.1. The molecule has 1 aromatic rings. The molecule has 8 aliphatic carbocycles. The predicted molar refractivity (Wildman–Crippen MR) is 188 cm³/mol. The zero-order chi connectivity index (χ0) is 36.5. The molecule has 1 heterocycles. The third-order valence-corrected chi connectivity index (χ3v) is 16.6. The van der Waals surface area contributed by atoms with Gasteiger partial charge in [0.2, 0.25) is 0 Å². The summed E-state index contributed by atoms with van der Waals surface area (Å²) in [5.74, 6) is 4.67. The van der Waals surface area contributed by atoms with Gasteiger partial charge in [-0.1, -0.05) is 36.8 Å². The summed E-state index contributed by atoms with van der Waals surface area (Å²) < 4.78 is 6.13. The fourth-order valence-electron chi connectivity index (χ4n) is 14.5. The van der Waals surface area contributed by atoms with E-state index in [0.29, 0.717) is 32.1 Å². The minimum Gasteiger partial charge on any atom is -0.454 e. The second-order valence-electron chi connectivity index (χ2n) is 18.2. The summed E-state index contributed by atoms with van der Waals surface area (Å²) in [5.41, 5.74) is -5.43. The molecule has 10 heteroatoms. The van der Waals surface area contributed by atoms with E-state index in [0.717, 1.165) is 54.2 Å². The SMILES string of the molecule is CN[C@H]1Cc2c(cccc2CO)C#CCC[C@]23CC[C@@H]4[C@@](O)([C@H](O)C[C@]5(O)C[C@@H](O)C6(CCCC6)C[C@@]45C=O)[C@@]2(O)C[C@@H]2C[C@H]1[C@H]1OC(=O)C=C1[C@@H]23. The Balaban J connectivity index is 1.21. The number of nitrogens with one attached hydrogen (secondary N) is 1. The highest BCUT2D eigenvalue weighted by Gasteiger charge is 2.83. The molecule has 2 spiro atoms. The van der Waals surface area contributed by atoms with Crippen LogP contribution in [0.4, 0.5) is 0 Å². The minimum atomic E-state index is -2.15. The molecule has 10 rings (SSSR count). The number of aliphatic hydroxyl groups is 6. The van der Waals surface area contributed by atoms with Crippen molar-refractivity contribution in [3.8, 4) is 11.8 Å². The lowest BCUT2D eigenvalue weighted by molar-refractivity contribution is -0.355. The normalized spacial score (nSPS) is 48.3. The van der Waals surface area contributed by atoms with Crippen molar-refractivity contribution in [1.29, 1.82) is 0 Å². The largest absolute Gasteiger partial charge is 0.454 e. The summed E-state index contributed by atoms with van der Waals surface area (Å²) in [7, 11) is 1.88. The Hall–Kier alpha value is -2.62. The van der Waals surface area contributed by atoms with Crippen LogP contribution >= 0.6 is 0 Å². The average Bonchev–Trinajstić information content (AvgIpc) is 3.82. The number of aliphatic hydroxyl groups excluding tert-OH is 3. The lowest BCUT2D eigenvalue weighted by Crippen LogP contribution is -2.82. The van der Waals surface area contributed by atoms with Gasteiger partial charge in [0.05, 0.1) is 29.8 Å². The van der Waals surface area contributed by atoms with Gasteiger partial charge in [0.1, 0.15) is 23.6 Å². The number of fused-ring (bicyclic) bond motifs is 7. The first-order valence-corrected chi connectivity index (χ1v) is 19.7. The fraction of sp³-hybridized carbons (Fsp3) is 0.714. The Morgan fingerprint density at radius 1 is 1.04 bits per heavy atom. The molecule has 52 heavy (non-hydrogen) atoms. The summed E-state index contributed by atoms with van der Waals surface area (Å²) in [4.78, 5) is 26.9. The number of carbonyl (C=O) groups is 2. The van der Waals surface area contributed by atoms with Crippen molar-refractivity contribution in [2.45, 2.75) is 138 Å². The fourth-order valence-corrected chi connectivity index (χ4v) is 14.5. The second-order valence-corrected chi connectivity index (χ2v) is 18.2. The maximum Gasteiger partial charge on any atom is 0.331 e. The van der Waals surface area contributed by atoms with Crippen LogP contribution in [0.25, 0.3) is 0 Å². The molecule has 4 bridgehead atoms. The van der Waals surface area contributed by atoms with Crippen molar-refractivity contribution in [1.82, 2.24) is 5.32 Å². The number of hydrogen-bond donors (Lipinski definition) is 7. The summed E-state index contributed by atoms with van der Waals surface area (Å²) in [6, 6.07) is 5.58. The first-order chi connectivity index (χ1) is 24.9. The van der Waals surface area contributed by atoms with Crippen LogP contribution in [0.15, 0.2) is 29.8 Å². The van der Waals surface area contributed by atoms with Gasteiger partial charge in [0.15, 0.2) is 0 Å². The zero-order valence-electron chi connectivity index (χ0n) is 30.0. The molecule has 0 amide bonds. The maximum absolute atomic E-state index is 13.7. The molecule has 13 atom stereocenters. The molecule has 7 N–H and O–H groups in total. The van der Waals surface area contributed by atoms with Crippen molar-refractivity contribution >= 4 is 12.3 Å². The van der Waals surface area contributed by atoms with Crippen molar-refractivity contribution in [3.05, 3.63) is 46.5 Å². The van der Waals surface area contributed by atoms with Gasteiger partial charge in [-0.25, -0.2) is 4.79 Å². The van der Waals surface area contributed by atoms with Crippen LogP contribution in [0.2, 0.25) is 0 Å². The van der Waals surface area contributed by atoms with E-state index in [4.69, 9.17) is 4.74 Å². The molecule has 1 aromatic carbocycles. The minimum absolute atomic E-state index is 0.0552. The predicted octanol–water partition coefficient (Wildman–Crippen LogP) is 2.22. The quantitative estimate of drug-likeness (QED) is 0.140. The van der Waals surface area contributed by atoms with E-state index in [1.807, 2.05) is 25.2 Å². The summed E-state index contributed by atoms with van der Waals surface area (Å²) in [6.07, 6.45) is 5.27. The average molecular weight is 716 g/mol. The molecule has 9 aliphatic rings. The number of hydrogen-bond acceptors (Lipinski definition) is 10. The van der Waals surface area contributed by atoms with E-state index in [9.17, 15) is 40.2 Å². The number of rotatable bonds is 3. The van der Waals surface area contributed by atoms with Crippen LogP contribution in [-0.2, 0) is 27.4 Å². The highest BCUT2D eigenvalue weighted by molar-refractivity contribution is 5.86. The zero-order valence-corrected chi connectivity index (χ0v) is 30.0. The second kappa shape index (κ2) is 11.7. The Kier molecular flexibility index (Phi) is 7.89. The first-order valence-electron chi connectivity index (χ1n) is 19.7. The number of aldehydes is 1. The Bertz CT molecular complexity index is 1780. The molecule has 0 radical (unpaired) electrons. The van der Waals surface area contributed by atoms with E-state index < -0.39 is 63.2 Å². The van der Waals surface area contributed by atoms with Crippen molar-refractivity contribution < 1.29 is 45.0 Å². The third-order valence-electron chi connectivity index (χ3n) is 16.6. The van der Waals surface area contributed by atoms with Crippen LogP contribution in [0, 0.1) is 51.8 Å². The Morgan fingerprint density at radius 2 is 1.81 bits per heavy atom. The van der Waals surface area contributed by atoms with Gasteiger partial charge >= 0.3 is 5.97 Å². The highest BCUT2D eigenvalue weighted by atomic mass is 16.5. The van der Waals surface area contributed by atoms with Gasteiger partial charge in [0, 0.05) is 54.2 Å². The third kappa shape index (κ3) is 4.22. The van der Waals surface area contributed by atoms with Crippen molar-refractivity contribution in [3.63, 3.8) is 0 Å². The number of benzene rings is 1. The monoisotopic (exact) mass is 715 g/mol. The van der Waals surface area contributed by atoms with Crippen LogP contribution < -0.4 is 5.32 Å². The molecule has 1 aliphatic heterocycles. The van der Waals surface area contributed by atoms with Gasteiger partial charge in [-0.2, -0.15) is 0 Å². The van der Waals surface area contributed by atoms with Crippen LogP contribution in [0.1, 0.15) is 100 Å². The molecule has 10 nitrogen and oxygen atoms in total. The van der Waals surface area contributed by atoms with E-state index >= 15 is 0 Å². The standard InChI is InChI=1S/C42H53NO9/c1-43-30-16-27-24(8-6-9-25(27)21-44)7-2-3-13-38-14-10-31-39(23-45)22-37(11-4-5-12-37)32(46)19-40(39,49)20-33(47)42(31,51)41(38,50)18-26-15-28(30)36-29(35(26)38)17-34(48)52-36/h6,8-9,17,23,26,28,30-33,35-36,43-44,46-47,49-51H,3-5,10-16,18-22H2,1H3/t26-,28+,30-,31-,32+,33+,35+,36+,38+,39+,40+,41+,42+/m0/s1. The van der Waals surface area contributed by atoms with Crippen LogP contribution in [0.5, 0.6) is 0 Å². The smallest absolute Gasteiger partial charge is 0.331 e. The Labute approximate surface area is 305 Å². The topological polar surface area (TPSA) is 177 Å². The van der Waals surface area contributed by atoms with Gasteiger partial charge in [-0.05, 0) is 105 Å². The van der Waals surface area contributed by atoms with Crippen molar-refractivity contribution in [2.75, 3.05) is 7.05 Å². The molecule has 6 fully saturated rings. The highest BCUT2D eigenvalue weighted by Crippen LogP contribution is 2.77. The van der Waals surface area contributed by atoms with E-state index in [1.54, 1.807) is 6.08 Å². The van der Waals surface area contributed by atoms with E-state index in [2.05, 4.69) is 17.2 Å². The number of esters is 1. The molecule has 280 valence electrons. The van der Waals surface area contributed by atoms with Crippen molar-refractivity contribution in [2.24, 2.45) is 39.9 Å². The maximum atomic E-state index is 13.7. The number of carbonyl (C=O) groups excluding carboxylic acids is 2. The Morgan fingerprint density at radius 3 is 2.54 bits per heavy atom. The van der Waals surface area contributed by atoms with Gasteiger partial charge < -0.3 is 45.5 Å². The number of ether oxygens (including phenoxy) is 1. The van der Waals surface area contributed by atoms with E-state index in [-0.39, 0.29) is 62.5 Å². The van der Waals surface area contributed by atoms with Gasteiger partial charge in [-0.15, -0.1) is 0 Å². The van der Waals surface area contributed by atoms with Gasteiger partial charge in [-0.3, -0.25) is 0 Å². The lowest BCUT2D eigenvalue weighted by Gasteiger charge is -2.71. The molecule has 0 unspecified atom stereocenters. The molecular formula is C42H53NO9. The molecule has 0 aromatic heterocycles. The molecular weight excluding hydrogens is 662 g/mol. The first kappa shape index (κ1) is 35.1. The lowest BCUT2D eigenvalue weighted by atomic mass is 9.36. The summed E-state index contributed by atoms with van der Waals surface area (Å²) >= 11 is 0.